The van der Waals surface area contributed by atoms with Crippen LogP contribution in [0.15, 0.2) is 29.3 Å². The summed E-state index contributed by atoms with van der Waals surface area (Å²) >= 11 is 5.06. The van der Waals surface area contributed by atoms with Crippen LogP contribution in [0.25, 0.3) is 11.0 Å². The van der Waals surface area contributed by atoms with E-state index in [2.05, 4.69) is 30.9 Å². The number of aromatic amines is 3. The highest BCUT2D eigenvalue weighted by Gasteiger charge is 2.20. The fraction of sp³-hybridized carbons (Fsp3) is 0.267. The maximum Gasteiger partial charge on any atom is 0.255 e. The van der Waals surface area contributed by atoms with Gasteiger partial charge >= 0.3 is 0 Å². The van der Waals surface area contributed by atoms with Crippen molar-refractivity contribution in [2.24, 2.45) is 0 Å². The van der Waals surface area contributed by atoms with Gasteiger partial charge in [-0.3, -0.25) is 14.7 Å². The number of pyridine rings is 1. The topological polar surface area (TPSA) is 80.6 Å². The van der Waals surface area contributed by atoms with E-state index in [1.807, 2.05) is 12.3 Å². The van der Waals surface area contributed by atoms with Gasteiger partial charge in [0.1, 0.15) is 5.65 Å². The van der Waals surface area contributed by atoms with Gasteiger partial charge in [0.25, 0.3) is 5.56 Å². The van der Waals surface area contributed by atoms with E-state index in [0.717, 1.165) is 41.8 Å². The minimum atomic E-state index is -0.0605. The van der Waals surface area contributed by atoms with Crippen LogP contribution in [0.1, 0.15) is 16.8 Å². The average Bonchev–Trinajstić information content (AvgIpc) is 2.90. The number of fused-ring (bicyclic) bond motifs is 2. The molecule has 3 N–H and O–H groups in total. The second-order valence-corrected chi connectivity index (χ2v) is 5.95. The maximum atomic E-state index is 11.9. The molecule has 0 spiro atoms. The van der Waals surface area contributed by atoms with Gasteiger partial charge in [0.2, 0.25) is 0 Å². The molecule has 0 fully saturated rings. The van der Waals surface area contributed by atoms with Crippen molar-refractivity contribution in [3.63, 3.8) is 0 Å². The van der Waals surface area contributed by atoms with Crippen LogP contribution in [0.2, 0.25) is 0 Å². The van der Waals surface area contributed by atoms with Crippen molar-refractivity contribution in [3.05, 3.63) is 56.5 Å². The molecule has 0 saturated heterocycles. The van der Waals surface area contributed by atoms with Crippen LogP contribution in [0.4, 0.5) is 0 Å². The Labute approximate surface area is 131 Å². The zero-order valence-corrected chi connectivity index (χ0v) is 12.7. The predicted molar refractivity (Wildman–Crippen MR) is 86.2 cm³/mol. The minimum absolute atomic E-state index is 0.0605. The van der Waals surface area contributed by atoms with E-state index in [-0.39, 0.29) is 5.56 Å². The van der Waals surface area contributed by atoms with Crippen LogP contribution >= 0.6 is 12.2 Å². The lowest BCUT2D eigenvalue weighted by Crippen LogP contribution is -2.34. The lowest BCUT2D eigenvalue weighted by Gasteiger charge is -2.27. The molecule has 0 aromatic carbocycles. The normalized spacial score (nSPS) is 15.1. The predicted octanol–water partition coefficient (Wildman–Crippen LogP) is 1.87. The molecule has 112 valence electrons. The molecule has 3 aromatic heterocycles. The molecule has 0 aliphatic carbocycles. The maximum absolute atomic E-state index is 11.9. The third-order valence-corrected chi connectivity index (χ3v) is 4.32. The standard InChI is InChI=1S/C15H15N5OS/c21-14-11-3-5-20(8-12(11)18-15(22)19-14)7-9-6-17-13-10(9)2-1-4-16-13/h1-2,4,6H,3,5,7-8H2,(H,16,17)(H2,18,19,21,22). The molecular weight excluding hydrogens is 298 g/mol. The summed E-state index contributed by atoms with van der Waals surface area (Å²) in [5.41, 5.74) is 3.82. The first kappa shape index (κ1) is 13.4. The smallest absolute Gasteiger partial charge is 0.255 e. The van der Waals surface area contributed by atoms with Crippen LogP contribution in [-0.4, -0.2) is 31.4 Å². The van der Waals surface area contributed by atoms with Gasteiger partial charge in [-0.05, 0) is 36.3 Å². The Hall–Kier alpha value is -2.25. The van der Waals surface area contributed by atoms with E-state index in [9.17, 15) is 4.79 Å². The molecule has 3 aromatic rings. The summed E-state index contributed by atoms with van der Waals surface area (Å²) in [7, 11) is 0. The summed E-state index contributed by atoms with van der Waals surface area (Å²) in [5.74, 6) is 0. The first-order chi connectivity index (χ1) is 10.7. The molecule has 1 aliphatic rings. The van der Waals surface area contributed by atoms with E-state index in [1.54, 1.807) is 6.20 Å². The monoisotopic (exact) mass is 313 g/mol. The Balaban J connectivity index is 1.63. The second-order valence-electron chi connectivity index (χ2n) is 5.54. The number of nitrogens with zero attached hydrogens (tertiary/aromatic N) is 2. The molecule has 4 heterocycles. The number of aromatic nitrogens is 4. The lowest BCUT2D eigenvalue weighted by atomic mass is 10.1. The molecule has 0 amide bonds. The van der Waals surface area contributed by atoms with Crippen molar-refractivity contribution in [1.29, 1.82) is 0 Å². The highest BCUT2D eigenvalue weighted by Crippen LogP contribution is 2.21. The van der Waals surface area contributed by atoms with Crippen molar-refractivity contribution in [2.45, 2.75) is 19.5 Å². The average molecular weight is 313 g/mol. The summed E-state index contributed by atoms with van der Waals surface area (Å²) in [4.78, 5) is 27.5. The molecule has 0 bridgehead atoms. The Morgan fingerprint density at radius 2 is 2.27 bits per heavy atom. The van der Waals surface area contributed by atoms with Gasteiger partial charge in [0.15, 0.2) is 4.77 Å². The van der Waals surface area contributed by atoms with Gasteiger partial charge in [-0.15, -0.1) is 0 Å². The van der Waals surface area contributed by atoms with E-state index < -0.39 is 0 Å². The molecule has 1 aliphatic heterocycles. The van der Waals surface area contributed by atoms with Gasteiger partial charge in [0, 0.05) is 48.7 Å². The Kier molecular flexibility index (Phi) is 3.16. The van der Waals surface area contributed by atoms with Gasteiger partial charge in [-0.25, -0.2) is 4.98 Å². The van der Waals surface area contributed by atoms with Crippen molar-refractivity contribution in [2.75, 3.05) is 6.54 Å². The van der Waals surface area contributed by atoms with Gasteiger partial charge in [0.05, 0.1) is 0 Å². The van der Waals surface area contributed by atoms with Gasteiger partial charge in [-0.2, -0.15) is 0 Å². The molecule has 6 nitrogen and oxygen atoms in total. The molecule has 4 rings (SSSR count). The SMILES string of the molecule is O=c1[nH]c(=S)[nH]c2c1CCN(Cc1c[nH]c3ncccc13)C2. The van der Waals surface area contributed by atoms with Crippen molar-refractivity contribution in [3.8, 4) is 0 Å². The minimum Gasteiger partial charge on any atom is -0.346 e. The fourth-order valence-electron chi connectivity index (χ4n) is 3.05. The Morgan fingerprint density at radius 1 is 1.36 bits per heavy atom. The van der Waals surface area contributed by atoms with Crippen molar-refractivity contribution < 1.29 is 0 Å². The molecule has 0 saturated carbocycles. The second kappa shape index (κ2) is 5.19. The molecule has 7 heteroatoms. The largest absolute Gasteiger partial charge is 0.346 e. The number of H-pyrrole nitrogens is 3. The summed E-state index contributed by atoms with van der Waals surface area (Å²) in [5, 5.41) is 1.15. The highest BCUT2D eigenvalue weighted by molar-refractivity contribution is 7.71. The third-order valence-electron chi connectivity index (χ3n) is 4.12. The Bertz CT molecular complexity index is 954. The van der Waals surface area contributed by atoms with E-state index >= 15 is 0 Å². The summed E-state index contributed by atoms with van der Waals surface area (Å²) in [6.07, 6.45) is 4.52. The summed E-state index contributed by atoms with van der Waals surface area (Å²) in [6.45, 7) is 2.38. The van der Waals surface area contributed by atoms with Crippen LogP contribution in [0.3, 0.4) is 0 Å². The lowest BCUT2D eigenvalue weighted by molar-refractivity contribution is 0.241. The van der Waals surface area contributed by atoms with Crippen LogP contribution in [0, 0.1) is 4.77 Å². The summed E-state index contributed by atoms with van der Waals surface area (Å²) in [6, 6.07) is 4.02. The van der Waals surface area contributed by atoms with Gasteiger partial charge in [-0.1, -0.05) is 0 Å². The Morgan fingerprint density at radius 3 is 3.18 bits per heavy atom. The highest BCUT2D eigenvalue weighted by atomic mass is 32.1. The molecule has 0 unspecified atom stereocenters. The third kappa shape index (κ3) is 2.28. The van der Waals surface area contributed by atoms with E-state index in [0.29, 0.717) is 11.3 Å². The van der Waals surface area contributed by atoms with Crippen molar-refractivity contribution in [1.82, 2.24) is 24.8 Å². The summed E-state index contributed by atoms with van der Waals surface area (Å²) < 4.78 is 0.391. The zero-order chi connectivity index (χ0) is 15.1. The number of hydrogen-bond donors (Lipinski definition) is 3. The molecule has 22 heavy (non-hydrogen) atoms. The molecule has 0 atom stereocenters. The van der Waals surface area contributed by atoms with Crippen molar-refractivity contribution >= 4 is 23.3 Å². The number of nitrogens with one attached hydrogen (secondary N) is 3. The number of hydrogen-bond acceptors (Lipinski definition) is 4. The van der Waals surface area contributed by atoms with Crippen LogP contribution in [-0.2, 0) is 19.5 Å². The van der Waals surface area contributed by atoms with Crippen LogP contribution in [0.5, 0.6) is 0 Å². The zero-order valence-electron chi connectivity index (χ0n) is 11.8. The first-order valence-corrected chi connectivity index (χ1v) is 7.59. The van der Waals surface area contributed by atoms with E-state index in [1.165, 1.54) is 5.56 Å². The molecule has 0 radical (unpaired) electrons. The van der Waals surface area contributed by atoms with E-state index in [4.69, 9.17) is 12.2 Å². The van der Waals surface area contributed by atoms with Crippen LogP contribution < -0.4 is 5.56 Å². The molecular formula is C15H15N5OS. The number of rotatable bonds is 2. The van der Waals surface area contributed by atoms with Gasteiger partial charge < -0.3 is 9.97 Å². The first-order valence-electron chi connectivity index (χ1n) is 7.18. The fourth-order valence-corrected chi connectivity index (χ4v) is 3.27. The quantitative estimate of drug-likeness (QED) is 0.631.